The van der Waals surface area contributed by atoms with E-state index in [4.69, 9.17) is 4.74 Å². The first-order valence-electron chi connectivity index (χ1n) is 9.56. The minimum Gasteiger partial charge on any atom is -0.495 e. The lowest BCUT2D eigenvalue weighted by molar-refractivity contribution is 0.0989. The average Bonchev–Trinajstić information content (AvgIpc) is 3.18. The first-order valence-corrected chi connectivity index (χ1v) is 11.0. The zero-order chi connectivity index (χ0) is 21.3. The Morgan fingerprint density at radius 3 is 2.50 bits per heavy atom. The van der Waals surface area contributed by atoms with Crippen molar-refractivity contribution in [2.24, 2.45) is 0 Å². The third kappa shape index (κ3) is 3.76. The minimum absolute atomic E-state index is 0.0797. The quantitative estimate of drug-likeness (QED) is 0.674. The molecule has 3 aromatic rings. The van der Waals surface area contributed by atoms with Crippen LogP contribution in [0.25, 0.3) is 0 Å². The van der Waals surface area contributed by atoms with Gasteiger partial charge >= 0.3 is 0 Å². The SMILES string of the molecule is COc1ccc(C(=O)N2CCc3ccccc32)cc1S(=O)(=O)Nc1ccc(C)cc1. The molecule has 3 aromatic carbocycles. The van der Waals surface area contributed by atoms with E-state index in [-0.39, 0.29) is 22.1 Å². The minimum atomic E-state index is -3.95. The highest BCUT2D eigenvalue weighted by Gasteiger charge is 2.27. The van der Waals surface area contributed by atoms with Crippen molar-refractivity contribution >= 4 is 27.3 Å². The van der Waals surface area contributed by atoms with Crippen molar-refractivity contribution in [2.45, 2.75) is 18.2 Å². The van der Waals surface area contributed by atoms with Crippen LogP contribution in [0.4, 0.5) is 11.4 Å². The molecule has 0 aliphatic carbocycles. The predicted octanol–water partition coefficient (Wildman–Crippen LogP) is 4.01. The molecular formula is C23H22N2O4S. The molecule has 1 aliphatic heterocycles. The van der Waals surface area contributed by atoms with Crippen LogP contribution >= 0.6 is 0 Å². The van der Waals surface area contributed by atoms with E-state index in [9.17, 15) is 13.2 Å². The maximum Gasteiger partial charge on any atom is 0.265 e. The zero-order valence-electron chi connectivity index (χ0n) is 16.8. The van der Waals surface area contributed by atoms with E-state index >= 15 is 0 Å². The number of benzene rings is 3. The van der Waals surface area contributed by atoms with Gasteiger partial charge < -0.3 is 9.64 Å². The maximum atomic E-state index is 13.2. The Kier molecular flexibility index (Phi) is 5.22. The standard InChI is InChI=1S/C23H22N2O4S/c1-16-7-10-19(11-8-16)24-30(27,28)22-15-18(9-12-21(22)29-2)23(26)25-14-13-17-5-3-4-6-20(17)25/h3-12,15,24H,13-14H2,1-2H3. The van der Waals surface area contributed by atoms with Gasteiger partial charge in [0.05, 0.1) is 7.11 Å². The molecule has 7 heteroatoms. The first-order chi connectivity index (χ1) is 14.4. The molecule has 4 rings (SSSR count). The van der Waals surface area contributed by atoms with Crippen molar-refractivity contribution < 1.29 is 17.9 Å². The molecule has 6 nitrogen and oxygen atoms in total. The van der Waals surface area contributed by atoms with Gasteiger partial charge in [-0.3, -0.25) is 9.52 Å². The fourth-order valence-corrected chi connectivity index (χ4v) is 4.81. The smallest absolute Gasteiger partial charge is 0.265 e. The molecule has 1 heterocycles. The summed E-state index contributed by atoms with van der Waals surface area (Å²) in [5.41, 5.74) is 3.72. The molecule has 1 N–H and O–H groups in total. The first kappa shape index (κ1) is 20.0. The summed E-state index contributed by atoms with van der Waals surface area (Å²) < 4.78 is 33.9. The van der Waals surface area contributed by atoms with Gasteiger partial charge in [0.25, 0.3) is 15.9 Å². The van der Waals surface area contributed by atoms with Crippen LogP contribution in [-0.4, -0.2) is 28.0 Å². The van der Waals surface area contributed by atoms with Gasteiger partial charge in [0.15, 0.2) is 0 Å². The van der Waals surface area contributed by atoms with E-state index < -0.39 is 10.0 Å². The number of para-hydroxylation sites is 1. The topological polar surface area (TPSA) is 75.7 Å². The molecule has 0 bridgehead atoms. The van der Waals surface area contributed by atoms with Crippen molar-refractivity contribution in [3.63, 3.8) is 0 Å². The summed E-state index contributed by atoms with van der Waals surface area (Å²) in [4.78, 5) is 14.8. The number of methoxy groups -OCH3 is 1. The summed E-state index contributed by atoms with van der Waals surface area (Å²) in [5.74, 6) is -0.0672. The second kappa shape index (κ2) is 7.84. The van der Waals surface area contributed by atoms with E-state index in [1.165, 1.54) is 19.2 Å². The van der Waals surface area contributed by atoms with E-state index in [1.807, 2.05) is 43.3 Å². The van der Waals surface area contributed by atoms with E-state index in [1.54, 1.807) is 23.1 Å². The number of ether oxygens (including phenoxy) is 1. The molecule has 1 aliphatic rings. The number of fused-ring (bicyclic) bond motifs is 1. The van der Waals surface area contributed by atoms with Crippen molar-refractivity contribution in [3.8, 4) is 5.75 Å². The highest BCUT2D eigenvalue weighted by Crippen LogP contribution is 2.31. The van der Waals surface area contributed by atoms with Crippen LogP contribution in [0.1, 0.15) is 21.5 Å². The lowest BCUT2D eigenvalue weighted by Gasteiger charge is -2.19. The van der Waals surface area contributed by atoms with Crippen LogP contribution in [0.3, 0.4) is 0 Å². The summed E-state index contributed by atoms with van der Waals surface area (Å²) in [6.07, 6.45) is 0.776. The summed E-state index contributed by atoms with van der Waals surface area (Å²) in [5, 5.41) is 0. The monoisotopic (exact) mass is 422 g/mol. The number of nitrogens with zero attached hydrogens (tertiary/aromatic N) is 1. The summed E-state index contributed by atoms with van der Waals surface area (Å²) >= 11 is 0. The molecule has 0 unspecified atom stereocenters. The third-order valence-electron chi connectivity index (χ3n) is 5.14. The van der Waals surface area contributed by atoms with Gasteiger partial charge in [-0.05, 0) is 55.3 Å². The molecule has 0 atom stereocenters. The number of carbonyl (C=O) groups excluding carboxylic acids is 1. The number of nitrogens with one attached hydrogen (secondary N) is 1. The second-order valence-electron chi connectivity index (χ2n) is 7.17. The molecule has 154 valence electrons. The van der Waals surface area contributed by atoms with E-state index in [0.29, 0.717) is 12.2 Å². The molecule has 0 aromatic heterocycles. The number of hydrogen-bond donors (Lipinski definition) is 1. The van der Waals surface area contributed by atoms with Gasteiger partial charge in [-0.25, -0.2) is 8.42 Å². The normalized spacial score (nSPS) is 13.1. The molecule has 0 saturated heterocycles. The van der Waals surface area contributed by atoms with Crippen LogP contribution in [-0.2, 0) is 16.4 Å². The average molecular weight is 423 g/mol. The molecule has 0 saturated carbocycles. The Morgan fingerprint density at radius 1 is 1.03 bits per heavy atom. The van der Waals surface area contributed by atoms with Gasteiger partial charge in [0.1, 0.15) is 10.6 Å². The Morgan fingerprint density at radius 2 is 1.77 bits per heavy atom. The highest BCUT2D eigenvalue weighted by atomic mass is 32.2. The molecule has 30 heavy (non-hydrogen) atoms. The van der Waals surface area contributed by atoms with Gasteiger partial charge in [-0.2, -0.15) is 0 Å². The van der Waals surface area contributed by atoms with Crippen molar-refractivity contribution in [3.05, 3.63) is 83.4 Å². The number of sulfonamides is 1. The Balaban J connectivity index is 1.68. The lowest BCUT2D eigenvalue weighted by atomic mass is 10.1. The number of rotatable bonds is 5. The number of aryl methyl sites for hydroxylation is 1. The maximum absolute atomic E-state index is 13.2. The highest BCUT2D eigenvalue weighted by molar-refractivity contribution is 7.92. The fraction of sp³-hybridized carbons (Fsp3) is 0.174. The number of carbonyl (C=O) groups is 1. The van der Waals surface area contributed by atoms with Crippen LogP contribution in [0, 0.1) is 6.92 Å². The van der Waals surface area contributed by atoms with E-state index in [0.717, 1.165) is 23.2 Å². The lowest BCUT2D eigenvalue weighted by Crippen LogP contribution is -2.29. The van der Waals surface area contributed by atoms with E-state index in [2.05, 4.69) is 4.72 Å². The zero-order valence-corrected chi connectivity index (χ0v) is 17.6. The van der Waals surface area contributed by atoms with Gasteiger partial charge in [0, 0.05) is 23.5 Å². The third-order valence-corrected chi connectivity index (χ3v) is 6.54. The molecule has 0 fully saturated rings. The molecule has 1 amide bonds. The largest absolute Gasteiger partial charge is 0.495 e. The number of anilines is 2. The van der Waals surface area contributed by atoms with Crippen LogP contribution < -0.4 is 14.4 Å². The van der Waals surface area contributed by atoms with Crippen molar-refractivity contribution in [2.75, 3.05) is 23.3 Å². The van der Waals surface area contributed by atoms with Crippen LogP contribution in [0.2, 0.25) is 0 Å². The summed E-state index contributed by atoms with van der Waals surface area (Å²) in [6.45, 7) is 2.49. The molecule has 0 spiro atoms. The van der Waals surface area contributed by atoms with Gasteiger partial charge in [-0.1, -0.05) is 35.9 Å². The second-order valence-corrected chi connectivity index (χ2v) is 8.82. The van der Waals surface area contributed by atoms with Crippen LogP contribution in [0.15, 0.2) is 71.6 Å². The number of amides is 1. The van der Waals surface area contributed by atoms with Crippen LogP contribution in [0.5, 0.6) is 5.75 Å². The molecular weight excluding hydrogens is 400 g/mol. The fourth-order valence-electron chi connectivity index (χ4n) is 3.56. The van der Waals surface area contributed by atoms with Gasteiger partial charge in [-0.15, -0.1) is 0 Å². The summed E-state index contributed by atoms with van der Waals surface area (Å²) in [7, 11) is -2.55. The molecule has 0 radical (unpaired) electrons. The predicted molar refractivity (Wildman–Crippen MR) is 117 cm³/mol. The van der Waals surface area contributed by atoms with Crippen molar-refractivity contribution in [1.82, 2.24) is 0 Å². The van der Waals surface area contributed by atoms with Crippen molar-refractivity contribution in [1.29, 1.82) is 0 Å². The Labute approximate surface area is 176 Å². The van der Waals surface area contributed by atoms with Gasteiger partial charge in [0.2, 0.25) is 0 Å². The Bertz CT molecular complexity index is 1200. The Hall–Kier alpha value is -3.32. The summed E-state index contributed by atoms with van der Waals surface area (Å²) in [6, 6.07) is 19.2. The number of hydrogen-bond acceptors (Lipinski definition) is 4.